The van der Waals surface area contributed by atoms with E-state index in [0.717, 1.165) is 65.3 Å². The summed E-state index contributed by atoms with van der Waals surface area (Å²) in [5.41, 5.74) is 3.83. The third-order valence-electron chi connectivity index (χ3n) is 11.4. The molecule has 314 valence electrons. The van der Waals surface area contributed by atoms with Gasteiger partial charge >= 0.3 is 0 Å². The maximum atomic E-state index is 11.4. The molecule has 0 aliphatic heterocycles. The highest BCUT2D eigenvalue weighted by Crippen LogP contribution is 2.48. The summed E-state index contributed by atoms with van der Waals surface area (Å²) in [4.78, 5) is 0. The van der Waals surface area contributed by atoms with Gasteiger partial charge in [-0.05, 0) is 61.3 Å². The van der Waals surface area contributed by atoms with Crippen molar-refractivity contribution < 1.29 is 44.4 Å². The molecule has 0 spiro atoms. The van der Waals surface area contributed by atoms with Gasteiger partial charge in [-0.1, -0.05) is 97.1 Å². The van der Waals surface area contributed by atoms with Crippen LogP contribution in [0.15, 0.2) is 121 Å². The van der Waals surface area contributed by atoms with Crippen LogP contribution < -0.4 is 9.47 Å². The highest BCUT2D eigenvalue weighted by atomic mass is 32.2. The van der Waals surface area contributed by atoms with Gasteiger partial charge in [0, 0.05) is 52.7 Å². The van der Waals surface area contributed by atoms with Crippen LogP contribution in [-0.4, -0.2) is 114 Å². The van der Waals surface area contributed by atoms with Gasteiger partial charge in [-0.15, -0.1) is 0 Å². The molecule has 0 saturated carbocycles. The number of hydrogen-bond donors (Lipinski definition) is 0. The second kappa shape index (κ2) is 17.5. The Bertz CT molecular complexity index is 2610. The first-order valence-corrected chi connectivity index (χ1v) is 23.4. The first-order chi connectivity index (χ1) is 28.5. The van der Waals surface area contributed by atoms with Crippen molar-refractivity contribution in [1.29, 1.82) is 0 Å². The van der Waals surface area contributed by atoms with Crippen LogP contribution in [0.2, 0.25) is 0 Å². The number of ether oxygens (including phenoxy) is 2. The molecule has 0 radical (unpaired) electrons. The molecule has 7 rings (SSSR count). The van der Waals surface area contributed by atoms with Gasteiger partial charge in [-0.3, -0.25) is 0 Å². The Labute approximate surface area is 353 Å². The SMILES string of the molecule is C[N+](C)(CCCS(=O)(=O)[O-])CCOc1cc(OCC[N+](C)(C)CCCS(=O)(=O)[O-])c(-c2c3ccccc3cc3ccccc23)cc1-c1c2ccccc2cc2ccccc12. The lowest BCUT2D eigenvalue weighted by Gasteiger charge is -2.31. The summed E-state index contributed by atoms with van der Waals surface area (Å²) >= 11 is 0. The summed E-state index contributed by atoms with van der Waals surface area (Å²) in [5, 5.41) is 8.62. The smallest absolute Gasteiger partial charge is 0.137 e. The zero-order valence-electron chi connectivity index (χ0n) is 34.6. The summed E-state index contributed by atoms with van der Waals surface area (Å²) in [7, 11) is -0.643. The lowest BCUT2D eigenvalue weighted by molar-refractivity contribution is -0.890. The standard InChI is InChI=1S/C48H52N2O8S2/c1-49(2,23-13-29-59(51,52)53)25-27-57-45-34-46(58-28-26-50(3,4)24-14-30-60(54,55)56)44(48-41-21-11-7-17-37(41)32-38-18-8-12-22-42(38)48)33-43(45)47-39-19-9-5-15-35(39)31-36-16-6-10-20-40(36)47/h5-12,15-22,31-34H,13-14,23-30H2,1-4H3. The van der Waals surface area contributed by atoms with Crippen LogP contribution in [0.1, 0.15) is 12.8 Å². The number of quaternary nitrogens is 2. The van der Waals surface area contributed by atoms with E-state index in [1.54, 1.807) is 0 Å². The number of likely N-dealkylation sites (N-methyl/N-ethyl adjacent to an activating group) is 2. The van der Waals surface area contributed by atoms with E-state index in [-0.39, 0.29) is 12.8 Å². The van der Waals surface area contributed by atoms with E-state index in [1.165, 1.54) is 0 Å². The van der Waals surface area contributed by atoms with Gasteiger partial charge in [-0.25, -0.2) is 16.8 Å². The highest BCUT2D eigenvalue weighted by molar-refractivity contribution is 7.85. The monoisotopic (exact) mass is 848 g/mol. The van der Waals surface area contributed by atoms with Crippen LogP contribution in [0, 0.1) is 0 Å². The number of nitrogens with zero attached hydrogens (tertiary/aromatic N) is 2. The van der Waals surface area contributed by atoms with E-state index in [2.05, 4.69) is 66.7 Å². The summed E-state index contributed by atoms with van der Waals surface area (Å²) in [6, 6.07) is 42.0. The van der Waals surface area contributed by atoms with E-state index >= 15 is 0 Å². The third kappa shape index (κ3) is 10.4. The molecule has 0 fully saturated rings. The molecule has 12 heteroatoms. The summed E-state index contributed by atoms with van der Waals surface area (Å²) in [6.07, 6.45) is 0.499. The number of hydrogen-bond acceptors (Lipinski definition) is 8. The van der Waals surface area contributed by atoms with Crippen LogP contribution in [-0.2, 0) is 20.2 Å². The van der Waals surface area contributed by atoms with Crippen LogP contribution in [0.4, 0.5) is 0 Å². The zero-order chi connectivity index (χ0) is 42.7. The zero-order valence-corrected chi connectivity index (χ0v) is 36.2. The van der Waals surface area contributed by atoms with Crippen LogP contribution >= 0.6 is 0 Å². The lowest BCUT2D eigenvalue weighted by atomic mass is 9.87. The minimum Gasteiger partial charge on any atom is -0.748 e. The molecule has 60 heavy (non-hydrogen) atoms. The number of rotatable bonds is 18. The Hall–Kier alpha value is -5.08. The van der Waals surface area contributed by atoms with E-state index in [1.807, 2.05) is 82.8 Å². The van der Waals surface area contributed by atoms with Crippen molar-refractivity contribution >= 4 is 63.3 Å². The molecule has 7 aromatic rings. The highest BCUT2D eigenvalue weighted by Gasteiger charge is 2.24. The van der Waals surface area contributed by atoms with Crippen LogP contribution in [0.25, 0.3) is 65.3 Å². The number of fused-ring (bicyclic) bond motifs is 4. The molecule has 0 aliphatic rings. The Morgan fingerprint density at radius 1 is 0.450 bits per heavy atom. The Morgan fingerprint density at radius 3 is 1.08 bits per heavy atom. The third-order valence-corrected chi connectivity index (χ3v) is 13.0. The maximum absolute atomic E-state index is 11.4. The van der Waals surface area contributed by atoms with Gasteiger partial charge in [0.1, 0.15) is 37.8 Å². The molecule has 0 bridgehead atoms. The second-order valence-electron chi connectivity index (χ2n) is 16.9. The summed E-state index contributed by atoms with van der Waals surface area (Å²) < 4.78 is 82.8. The van der Waals surface area contributed by atoms with Crippen molar-refractivity contribution in [3.63, 3.8) is 0 Å². The minimum absolute atomic E-state index is 0.249. The Balaban J connectivity index is 1.41. The molecule has 7 aromatic carbocycles. The van der Waals surface area contributed by atoms with Crippen molar-refractivity contribution in [2.45, 2.75) is 12.8 Å². The topological polar surface area (TPSA) is 133 Å². The average Bonchev–Trinajstić information content (AvgIpc) is 3.18. The molecule has 0 N–H and O–H groups in total. The van der Waals surface area contributed by atoms with Gasteiger partial charge in [0.25, 0.3) is 0 Å². The van der Waals surface area contributed by atoms with Crippen LogP contribution in [0.3, 0.4) is 0 Å². The average molecular weight is 849 g/mol. The van der Waals surface area contributed by atoms with Crippen molar-refractivity contribution in [2.75, 3.05) is 79.1 Å². The molecule has 10 nitrogen and oxygen atoms in total. The number of benzene rings is 7. The first-order valence-electron chi connectivity index (χ1n) is 20.2. The van der Waals surface area contributed by atoms with Gasteiger partial charge < -0.3 is 27.5 Å². The van der Waals surface area contributed by atoms with Gasteiger partial charge in [0.05, 0.1) is 61.5 Å². The molecule has 0 saturated heterocycles. The molecule has 0 unspecified atom stereocenters. The van der Waals surface area contributed by atoms with E-state index < -0.39 is 31.7 Å². The molecule has 0 aromatic heterocycles. The second-order valence-corrected chi connectivity index (χ2v) is 20.0. The fraction of sp³-hybridized carbons (Fsp3) is 0.292. The molecule has 0 atom stereocenters. The van der Waals surface area contributed by atoms with Gasteiger partial charge in [0.2, 0.25) is 0 Å². The molecule has 0 aliphatic carbocycles. The van der Waals surface area contributed by atoms with Crippen molar-refractivity contribution in [1.82, 2.24) is 0 Å². The molecule has 0 amide bonds. The molecular weight excluding hydrogens is 797 g/mol. The van der Waals surface area contributed by atoms with Gasteiger partial charge in [-0.2, -0.15) is 0 Å². The predicted octanol–water partition coefficient (Wildman–Crippen LogP) is 8.41. The first kappa shape index (κ1) is 43.0. The van der Waals surface area contributed by atoms with Crippen molar-refractivity contribution in [3.8, 4) is 33.8 Å². The summed E-state index contributed by atoms with van der Waals surface area (Å²) in [6.45, 7) is 2.67. The van der Waals surface area contributed by atoms with Crippen molar-refractivity contribution in [2.24, 2.45) is 0 Å². The molecular formula is C48H52N2O8S2. The fourth-order valence-corrected chi connectivity index (χ4v) is 9.13. The lowest BCUT2D eigenvalue weighted by Crippen LogP contribution is -2.44. The summed E-state index contributed by atoms with van der Waals surface area (Å²) in [5.74, 6) is 0.422. The quantitative estimate of drug-likeness (QED) is 0.0478. The fourth-order valence-electron chi connectivity index (χ4n) is 8.17. The Morgan fingerprint density at radius 2 is 0.767 bits per heavy atom. The van der Waals surface area contributed by atoms with Crippen LogP contribution in [0.5, 0.6) is 11.5 Å². The Kier molecular flexibility index (Phi) is 12.5. The largest absolute Gasteiger partial charge is 0.748 e. The predicted molar refractivity (Wildman–Crippen MR) is 240 cm³/mol. The normalized spacial score (nSPS) is 12.8. The van der Waals surface area contributed by atoms with Crippen molar-refractivity contribution in [3.05, 3.63) is 121 Å². The molecule has 0 heterocycles. The van der Waals surface area contributed by atoms with E-state index in [0.29, 0.717) is 59.9 Å². The minimum atomic E-state index is -4.31. The van der Waals surface area contributed by atoms with Gasteiger partial charge in [0.15, 0.2) is 0 Å². The van der Waals surface area contributed by atoms with E-state index in [4.69, 9.17) is 9.47 Å². The maximum Gasteiger partial charge on any atom is 0.137 e. The van der Waals surface area contributed by atoms with E-state index in [9.17, 15) is 25.9 Å².